The van der Waals surface area contributed by atoms with E-state index in [-0.39, 0.29) is 17.7 Å². The van der Waals surface area contributed by atoms with E-state index in [2.05, 4.69) is 5.32 Å². The third kappa shape index (κ3) is 1.88. The molecule has 0 saturated heterocycles. The van der Waals surface area contributed by atoms with E-state index in [1.807, 2.05) is 24.3 Å². The lowest BCUT2D eigenvalue weighted by Gasteiger charge is -2.31. The third-order valence-electron chi connectivity index (χ3n) is 3.75. The van der Waals surface area contributed by atoms with Gasteiger partial charge in [0.2, 0.25) is 11.8 Å². The summed E-state index contributed by atoms with van der Waals surface area (Å²) in [6.45, 7) is 0.484. The summed E-state index contributed by atoms with van der Waals surface area (Å²) in [6, 6.07) is 7.52. The Balaban J connectivity index is 1.94. The molecule has 1 aromatic rings. The molecule has 1 fully saturated rings. The highest BCUT2D eigenvalue weighted by molar-refractivity contribution is 6.04. The fourth-order valence-electron chi connectivity index (χ4n) is 2.47. The topological polar surface area (TPSA) is 49.4 Å². The number of fused-ring (bicyclic) bond motifs is 1. The molecular formula is C14H16N2O2. The van der Waals surface area contributed by atoms with Crippen molar-refractivity contribution in [2.75, 3.05) is 16.8 Å². The number of nitrogens with one attached hydrogen (secondary N) is 1. The molecule has 0 bridgehead atoms. The van der Waals surface area contributed by atoms with Crippen LogP contribution < -0.4 is 10.2 Å². The fourth-order valence-corrected chi connectivity index (χ4v) is 2.47. The molecule has 0 unspecified atom stereocenters. The van der Waals surface area contributed by atoms with Crippen LogP contribution in [0.1, 0.15) is 25.7 Å². The second-order valence-electron chi connectivity index (χ2n) is 4.93. The quantitative estimate of drug-likeness (QED) is 0.823. The van der Waals surface area contributed by atoms with E-state index >= 15 is 0 Å². The van der Waals surface area contributed by atoms with Crippen LogP contribution in [0.15, 0.2) is 24.3 Å². The fraction of sp³-hybridized carbons (Fsp3) is 0.429. The van der Waals surface area contributed by atoms with Gasteiger partial charge in [-0.1, -0.05) is 18.6 Å². The van der Waals surface area contributed by atoms with Crippen molar-refractivity contribution < 1.29 is 9.59 Å². The molecule has 0 spiro atoms. The van der Waals surface area contributed by atoms with Crippen LogP contribution in [0.25, 0.3) is 0 Å². The molecule has 1 aromatic carbocycles. The van der Waals surface area contributed by atoms with Gasteiger partial charge in [0.05, 0.1) is 11.4 Å². The summed E-state index contributed by atoms with van der Waals surface area (Å²) in [4.78, 5) is 25.8. The number of carbonyl (C=O) groups excluding carboxylic acids is 2. The Labute approximate surface area is 106 Å². The second-order valence-corrected chi connectivity index (χ2v) is 4.93. The first-order valence-electron chi connectivity index (χ1n) is 6.46. The molecule has 2 aliphatic rings. The van der Waals surface area contributed by atoms with Crippen LogP contribution in [0.4, 0.5) is 11.4 Å². The van der Waals surface area contributed by atoms with Gasteiger partial charge >= 0.3 is 0 Å². The molecule has 1 N–H and O–H groups in total. The zero-order valence-electron chi connectivity index (χ0n) is 10.2. The molecule has 94 valence electrons. The van der Waals surface area contributed by atoms with E-state index in [4.69, 9.17) is 0 Å². The Morgan fingerprint density at radius 2 is 2.06 bits per heavy atom. The average Bonchev–Trinajstić information content (AvgIpc) is 2.45. The number of amides is 2. The molecule has 4 nitrogen and oxygen atoms in total. The predicted molar refractivity (Wildman–Crippen MR) is 69.4 cm³/mol. The van der Waals surface area contributed by atoms with Gasteiger partial charge in [-0.15, -0.1) is 0 Å². The standard InChI is InChI=1S/C14H16N2O2/c17-13-8-9-16(14(18)10-4-3-5-10)12-7-2-1-6-11(12)15-13/h1-2,6-7,10H,3-5,8-9H2,(H,15,17). The van der Waals surface area contributed by atoms with E-state index in [1.54, 1.807) is 4.90 Å². The number of anilines is 2. The van der Waals surface area contributed by atoms with Crippen LogP contribution >= 0.6 is 0 Å². The van der Waals surface area contributed by atoms with Gasteiger partial charge in [-0.05, 0) is 25.0 Å². The molecule has 3 rings (SSSR count). The van der Waals surface area contributed by atoms with Crippen molar-refractivity contribution in [1.29, 1.82) is 0 Å². The zero-order valence-corrected chi connectivity index (χ0v) is 10.2. The Morgan fingerprint density at radius 3 is 2.78 bits per heavy atom. The smallest absolute Gasteiger partial charge is 0.230 e. The zero-order chi connectivity index (χ0) is 12.5. The number of carbonyl (C=O) groups is 2. The lowest BCUT2D eigenvalue weighted by atomic mass is 9.84. The molecule has 0 atom stereocenters. The van der Waals surface area contributed by atoms with Gasteiger partial charge < -0.3 is 10.2 Å². The third-order valence-corrected chi connectivity index (χ3v) is 3.75. The van der Waals surface area contributed by atoms with E-state index in [9.17, 15) is 9.59 Å². The van der Waals surface area contributed by atoms with Gasteiger partial charge in [0.1, 0.15) is 0 Å². The van der Waals surface area contributed by atoms with E-state index in [0.717, 1.165) is 30.6 Å². The molecule has 0 radical (unpaired) electrons. The Morgan fingerprint density at radius 1 is 1.28 bits per heavy atom. The summed E-state index contributed by atoms with van der Waals surface area (Å²) in [5, 5.41) is 2.85. The normalized spacial score (nSPS) is 19.6. The molecule has 0 aromatic heterocycles. The summed E-state index contributed by atoms with van der Waals surface area (Å²) >= 11 is 0. The Hall–Kier alpha value is -1.84. The SMILES string of the molecule is O=C1CCN(C(=O)C2CCC2)c2ccccc2N1. The summed E-state index contributed by atoms with van der Waals surface area (Å²) < 4.78 is 0. The van der Waals surface area contributed by atoms with E-state index in [0.29, 0.717) is 13.0 Å². The summed E-state index contributed by atoms with van der Waals surface area (Å²) in [5.41, 5.74) is 1.58. The number of hydrogen-bond acceptors (Lipinski definition) is 2. The van der Waals surface area contributed by atoms with Crippen LogP contribution in [0, 0.1) is 5.92 Å². The van der Waals surface area contributed by atoms with Crippen molar-refractivity contribution in [3.8, 4) is 0 Å². The number of nitrogens with zero attached hydrogens (tertiary/aromatic N) is 1. The second kappa shape index (κ2) is 4.44. The van der Waals surface area contributed by atoms with Crippen molar-refractivity contribution in [1.82, 2.24) is 0 Å². The van der Waals surface area contributed by atoms with Crippen molar-refractivity contribution in [3.05, 3.63) is 24.3 Å². The lowest BCUT2D eigenvalue weighted by molar-refractivity contribution is -0.124. The van der Waals surface area contributed by atoms with Crippen molar-refractivity contribution >= 4 is 23.2 Å². The van der Waals surface area contributed by atoms with Gasteiger partial charge in [-0.2, -0.15) is 0 Å². The van der Waals surface area contributed by atoms with Crippen LogP contribution in [-0.2, 0) is 9.59 Å². The minimum atomic E-state index is -0.0219. The van der Waals surface area contributed by atoms with Gasteiger partial charge in [0.25, 0.3) is 0 Å². The predicted octanol–water partition coefficient (Wildman–Crippen LogP) is 2.16. The number of benzene rings is 1. The van der Waals surface area contributed by atoms with Crippen LogP contribution in [0.3, 0.4) is 0 Å². The number of rotatable bonds is 1. The molecule has 4 heteroatoms. The molecule has 1 saturated carbocycles. The molecule has 1 heterocycles. The highest BCUT2D eigenvalue weighted by atomic mass is 16.2. The first kappa shape index (κ1) is 11.3. The molecule has 1 aliphatic carbocycles. The summed E-state index contributed by atoms with van der Waals surface area (Å²) in [5.74, 6) is 0.308. The Kier molecular flexibility index (Phi) is 2.78. The lowest BCUT2D eigenvalue weighted by Crippen LogP contribution is -2.39. The maximum atomic E-state index is 12.4. The highest BCUT2D eigenvalue weighted by Gasteiger charge is 2.32. The summed E-state index contributed by atoms with van der Waals surface area (Å²) in [6.07, 6.45) is 3.48. The van der Waals surface area contributed by atoms with Crippen LogP contribution in [-0.4, -0.2) is 18.4 Å². The van der Waals surface area contributed by atoms with Crippen molar-refractivity contribution in [3.63, 3.8) is 0 Å². The van der Waals surface area contributed by atoms with Gasteiger partial charge in [-0.25, -0.2) is 0 Å². The van der Waals surface area contributed by atoms with Crippen LogP contribution in [0.2, 0.25) is 0 Å². The van der Waals surface area contributed by atoms with Crippen molar-refractivity contribution in [2.24, 2.45) is 5.92 Å². The molecule has 2 amide bonds. The first-order valence-corrected chi connectivity index (χ1v) is 6.46. The number of para-hydroxylation sites is 2. The summed E-state index contributed by atoms with van der Waals surface area (Å²) in [7, 11) is 0. The minimum absolute atomic E-state index is 0.0219. The highest BCUT2D eigenvalue weighted by Crippen LogP contribution is 2.34. The van der Waals surface area contributed by atoms with Gasteiger partial charge in [-0.3, -0.25) is 9.59 Å². The minimum Gasteiger partial charge on any atom is -0.324 e. The average molecular weight is 244 g/mol. The molecular weight excluding hydrogens is 228 g/mol. The van der Waals surface area contributed by atoms with E-state index < -0.39 is 0 Å². The van der Waals surface area contributed by atoms with Crippen molar-refractivity contribution in [2.45, 2.75) is 25.7 Å². The van der Waals surface area contributed by atoms with Gasteiger partial charge in [0.15, 0.2) is 0 Å². The maximum absolute atomic E-state index is 12.4. The van der Waals surface area contributed by atoms with Gasteiger partial charge in [0, 0.05) is 18.9 Å². The maximum Gasteiger partial charge on any atom is 0.230 e. The number of hydrogen-bond donors (Lipinski definition) is 1. The monoisotopic (exact) mass is 244 g/mol. The molecule has 1 aliphatic heterocycles. The van der Waals surface area contributed by atoms with E-state index in [1.165, 1.54) is 0 Å². The first-order chi connectivity index (χ1) is 8.75. The Bertz CT molecular complexity index is 494. The molecule has 18 heavy (non-hydrogen) atoms. The largest absolute Gasteiger partial charge is 0.324 e. The van der Waals surface area contributed by atoms with Crippen LogP contribution in [0.5, 0.6) is 0 Å².